The summed E-state index contributed by atoms with van der Waals surface area (Å²) in [7, 11) is 0. The van der Waals surface area contributed by atoms with Crippen molar-refractivity contribution in [3.63, 3.8) is 0 Å². The van der Waals surface area contributed by atoms with E-state index in [9.17, 15) is 0 Å². The molecule has 0 saturated carbocycles. The summed E-state index contributed by atoms with van der Waals surface area (Å²) in [5.41, 5.74) is 12.5. The van der Waals surface area contributed by atoms with Crippen LogP contribution >= 0.6 is 11.6 Å². The summed E-state index contributed by atoms with van der Waals surface area (Å²) in [5.74, 6) is 0. The minimum Gasteiger partial charge on any atom is -0.0843 e. The van der Waals surface area contributed by atoms with E-state index in [1.54, 1.807) is 0 Å². The first kappa shape index (κ1) is 18.0. The van der Waals surface area contributed by atoms with Crippen LogP contribution in [0.4, 0.5) is 0 Å². The minimum atomic E-state index is -0.400. The van der Waals surface area contributed by atoms with E-state index in [1.807, 2.05) is 6.07 Å². The molecule has 0 radical (unpaired) electrons. The molecular formula is C31H19Cl. The standard InChI is InChI=1S/C31H19Cl/c32-20-17-18-30-26(19-20)25-13-5-8-16-29(25)31(30)27-14-6-3-11-23(27)21-9-1-2-10-22(21)24-12-4-7-15-28(24)31/h1-19H. The third kappa shape index (κ3) is 2.13. The lowest BCUT2D eigenvalue weighted by Crippen LogP contribution is -2.29. The number of fused-ring (bicyclic) bond motifs is 12. The zero-order valence-corrected chi connectivity index (χ0v) is 18.1. The van der Waals surface area contributed by atoms with Crippen molar-refractivity contribution in [1.82, 2.24) is 0 Å². The van der Waals surface area contributed by atoms with E-state index in [0.29, 0.717) is 0 Å². The normalized spacial score (nSPS) is 14.0. The first-order chi connectivity index (χ1) is 15.8. The van der Waals surface area contributed by atoms with Gasteiger partial charge in [0.15, 0.2) is 0 Å². The zero-order chi connectivity index (χ0) is 21.3. The largest absolute Gasteiger partial charge is 0.0843 e. The monoisotopic (exact) mass is 426 g/mol. The molecule has 0 amide bonds. The molecule has 0 atom stereocenters. The number of halogens is 1. The van der Waals surface area contributed by atoms with Crippen molar-refractivity contribution in [1.29, 1.82) is 0 Å². The van der Waals surface area contributed by atoms with Crippen LogP contribution in [-0.2, 0) is 5.41 Å². The highest BCUT2D eigenvalue weighted by molar-refractivity contribution is 6.31. The van der Waals surface area contributed by atoms with Crippen LogP contribution in [0.1, 0.15) is 22.3 Å². The van der Waals surface area contributed by atoms with Crippen molar-refractivity contribution in [2.45, 2.75) is 5.41 Å². The fraction of sp³-hybridized carbons (Fsp3) is 0.0323. The molecule has 0 nitrogen and oxygen atoms in total. The Hall–Kier alpha value is -3.61. The molecule has 2 aliphatic carbocycles. The third-order valence-corrected chi connectivity index (χ3v) is 7.41. The lowest BCUT2D eigenvalue weighted by molar-refractivity contribution is 0.775. The smallest absolute Gasteiger partial charge is 0.0725 e. The summed E-state index contributed by atoms with van der Waals surface area (Å²) in [4.78, 5) is 0. The van der Waals surface area contributed by atoms with Crippen LogP contribution in [0.15, 0.2) is 115 Å². The Morgan fingerprint density at radius 2 is 0.750 bits per heavy atom. The Morgan fingerprint density at radius 3 is 1.25 bits per heavy atom. The summed E-state index contributed by atoms with van der Waals surface area (Å²) < 4.78 is 0. The maximum absolute atomic E-state index is 6.52. The van der Waals surface area contributed by atoms with Gasteiger partial charge in [-0.25, -0.2) is 0 Å². The average Bonchev–Trinajstić information content (AvgIpc) is 3.08. The van der Waals surface area contributed by atoms with Crippen LogP contribution in [0.25, 0.3) is 33.4 Å². The van der Waals surface area contributed by atoms with Crippen LogP contribution in [0.5, 0.6) is 0 Å². The highest BCUT2D eigenvalue weighted by atomic mass is 35.5. The molecule has 0 heterocycles. The van der Waals surface area contributed by atoms with Crippen molar-refractivity contribution in [2.24, 2.45) is 0 Å². The fourth-order valence-corrected chi connectivity index (χ4v) is 6.20. The fourth-order valence-electron chi connectivity index (χ4n) is 6.02. The molecule has 7 rings (SSSR count). The molecule has 5 aromatic carbocycles. The molecule has 0 aromatic heterocycles. The Kier molecular flexibility index (Phi) is 3.63. The molecule has 150 valence electrons. The SMILES string of the molecule is Clc1ccc2c(c1)-c1ccccc1C21c2ccccc2-c2ccccc2-c2ccccc21. The Labute approximate surface area is 192 Å². The summed E-state index contributed by atoms with van der Waals surface area (Å²) in [6.45, 7) is 0. The van der Waals surface area contributed by atoms with Gasteiger partial charge in [0.1, 0.15) is 0 Å². The van der Waals surface area contributed by atoms with Crippen molar-refractivity contribution in [3.8, 4) is 33.4 Å². The van der Waals surface area contributed by atoms with E-state index in [4.69, 9.17) is 11.6 Å². The molecule has 0 N–H and O–H groups in total. The summed E-state index contributed by atoms with van der Waals surface area (Å²) >= 11 is 6.52. The van der Waals surface area contributed by atoms with E-state index in [2.05, 4.69) is 109 Å². The minimum absolute atomic E-state index is 0.400. The second-order valence-electron chi connectivity index (χ2n) is 8.62. The topological polar surface area (TPSA) is 0 Å². The molecular weight excluding hydrogens is 408 g/mol. The van der Waals surface area contributed by atoms with Crippen LogP contribution < -0.4 is 0 Å². The quantitative estimate of drug-likeness (QED) is 0.228. The molecule has 0 bridgehead atoms. The van der Waals surface area contributed by atoms with Crippen LogP contribution in [-0.4, -0.2) is 0 Å². The third-order valence-electron chi connectivity index (χ3n) is 7.18. The van der Waals surface area contributed by atoms with Gasteiger partial charge in [-0.1, -0.05) is 115 Å². The first-order valence-corrected chi connectivity index (χ1v) is 11.4. The summed E-state index contributed by atoms with van der Waals surface area (Å²) in [6.07, 6.45) is 0. The van der Waals surface area contributed by atoms with Gasteiger partial charge in [0.05, 0.1) is 5.41 Å². The lowest BCUT2D eigenvalue weighted by Gasteiger charge is -2.35. The molecule has 1 spiro atoms. The molecule has 0 unspecified atom stereocenters. The second kappa shape index (κ2) is 6.45. The van der Waals surface area contributed by atoms with E-state index in [1.165, 1.54) is 55.6 Å². The van der Waals surface area contributed by atoms with Gasteiger partial charge in [-0.2, -0.15) is 0 Å². The molecule has 32 heavy (non-hydrogen) atoms. The Morgan fingerprint density at radius 1 is 0.375 bits per heavy atom. The first-order valence-electron chi connectivity index (χ1n) is 11.0. The van der Waals surface area contributed by atoms with Gasteiger partial charge in [-0.3, -0.25) is 0 Å². The van der Waals surface area contributed by atoms with Crippen molar-refractivity contribution in [2.75, 3.05) is 0 Å². The highest BCUT2D eigenvalue weighted by Crippen LogP contribution is 2.61. The molecule has 1 heteroatoms. The molecule has 0 fully saturated rings. The zero-order valence-electron chi connectivity index (χ0n) is 17.3. The predicted octanol–water partition coefficient (Wildman–Crippen LogP) is 8.35. The van der Waals surface area contributed by atoms with Crippen LogP contribution in [0.3, 0.4) is 0 Å². The maximum Gasteiger partial charge on any atom is 0.0725 e. The van der Waals surface area contributed by atoms with E-state index in [-0.39, 0.29) is 0 Å². The second-order valence-corrected chi connectivity index (χ2v) is 9.06. The van der Waals surface area contributed by atoms with E-state index < -0.39 is 5.41 Å². The van der Waals surface area contributed by atoms with Crippen molar-refractivity contribution >= 4 is 11.6 Å². The van der Waals surface area contributed by atoms with Gasteiger partial charge in [0, 0.05) is 5.02 Å². The van der Waals surface area contributed by atoms with Gasteiger partial charge in [0.25, 0.3) is 0 Å². The van der Waals surface area contributed by atoms with Gasteiger partial charge < -0.3 is 0 Å². The Balaban J connectivity index is 1.77. The van der Waals surface area contributed by atoms with Gasteiger partial charge >= 0.3 is 0 Å². The maximum atomic E-state index is 6.52. The number of benzene rings is 5. The number of hydrogen-bond donors (Lipinski definition) is 0. The average molecular weight is 427 g/mol. The Bertz CT molecular complexity index is 1480. The summed E-state index contributed by atoms with van der Waals surface area (Å²) in [5, 5.41) is 0.772. The number of rotatable bonds is 0. The van der Waals surface area contributed by atoms with E-state index >= 15 is 0 Å². The lowest BCUT2D eigenvalue weighted by atomic mass is 9.66. The van der Waals surface area contributed by atoms with Gasteiger partial charge in [-0.15, -0.1) is 0 Å². The molecule has 5 aromatic rings. The molecule has 0 aliphatic heterocycles. The van der Waals surface area contributed by atoms with Gasteiger partial charge in [-0.05, 0) is 67.8 Å². The summed E-state index contributed by atoms with van der Waals surface area (Å²) in [6, 6.07) is 41.9. The van der Waals surface area contributed by atoms with Crippen LogP contribution in [0, 0.1) is 0 Å². The highest BCUT2D eigenvalue weighted by Gasteiger charge is 2.49. The predicted molar refractivity (Wildman–Crippen MR) is 133 cm³/mol. The van der Waals surface area contributed by atoms with E-state index in [0.717, 1.165) is 5.02 Å². The number of hydrogen-bond acceptors (Lipinski definition) is 0. The molecule has 2 aliphatic rings. The molecule has 0 saturated heterocycles. The van der Waals surface area contributed by atoms with Crippen LogP contribution in [0.2, 0.25) is 5.02 Å². The van der Waals surface area contributed by atoms with Crippen molar-refractivity contribution < 1.29 is 0 Å². The van der Waals surface area contributed by atoms with Crippen molar-refractivity contribution in [3.05, 3.63) is 143 Å². The van der Waals surface area contributed by atoms with Gasteiger partial charge in [0.2, 0.25) is 0 Å².